The molecule has 32 heteroatoms. The highest BCUT2D eigenvalue weighted by Crippen LogP contribution is 2.42. The molecule has 1 atom stereocenters. The van der Waals surface area contributed by atoms with E-state index in [1.165, 1.54) is 0 Å². The zero-order chi connectivity index (χ0) is 81.2. The van der Waals surface area contributed by atoms with E-state index in [1.807, 2.05) is 107 Å². The molecule has 2 aliphatic carbocycles. The molecule has 3 aliphatic heterocycles. The van der Waals surface area contributed by atoms with E-state index in [9.17, 15) is 68.4 Å². The number of ketones is 1. The molecule has 8 amide bonds. The molecule has 0 saturated carbocycles. The first kappa shape index (κ1) is 84.0. The van der Waals surface area contributed by atoms with Crippen molar-refractivity contribution in [2.45, 2.75) is 97.8 Å². The molecule has 0 spiro atoms. The van der Waals surface area contributed by atoms with Crippen molar-refractivity contribution in [2.24, 2.45) is 11.8 Å². The molecule has 1 unspecified atom stereocenters. The van der Waals surface area contributed by atoms with E-state index < -0.39 is 71.0 Å². The number of amides is 8. The van der Waals surface area contributed by atoms with Gasteiger partial charge in [0.2, 0.25) is 0 Å². The molecule has 7 aromatic carbocycles. The Morgan fingerprint density at radius 1 is 0.462 bits per heavy atom. The first-order valence-corrected chi connectivity index (χ1v) is 39.3. The van der Waals surface area contributed by atoms with Gasteiger partial charge in [0.05, 0.1) is 6.42 Å². The Morgan fingerprint density at radius 2 is 0.812 bits per heavy atom. The van der Waals surface area contributed by atoms with Gasteiger partial charge in [0.1, 0.15) is 35.9 Å². The third kappa shape index (κ3) is 19.9. The summed E-state index contributed by atoms with van der Waals surface area (Å²) < 4.78 is 10.6. The van der Waals surface area contributed by atoms with Gasteiger partial charge in [-0.3, -0.25) is 53.2 Å². The average molecular weight is 1630 g/mol. The first-order chi connectivity index (χ1) is 56.5. The molecule has 2 aromatic heterocycles. The summed E-state index contributed by atoms with van der Waals surface area (Å²) in [7, 11) is 0. The number of aromatic nitrogens is 2. The predicted molar refractivity (Wildman–Crippen MR) is 425 cm³/mol. The molecule has 5 heterocycles. The molecule has 8 bridgehead atoms. The number of hydroxylamine groups is 4. The van der Waals surface area contributed by atoms with Crippen LogP contribution < -0.4 is 41.8 Å². The summed E-state index contributed by atoms with van der Waals surface area (Å²) in [5, 5.41) is 61.0. The van der Waals surface area contributed by atoms with Crippen molar-refractivity contribution in [3.63, 3.8) is 0 Å². The Bertz CT molecular complexity index is 4940. The number of imide groups is 2. The zero-order valence-electron chi connectivity index (χ0n) is 62.3. The number of nitrogens with zero attached hydrogens (tertiary/aromatic N) is 6. The van der Waals surface area contributed by atoms with Crippen LogP contribution >= 0.6 is 24.1 Å². The van der Waals surface area contributed by atoms with E-state index in [4.69, 9.17) is 9.68 Å². The van der Waals surface area contributed by atoms with Gasteiger partial charge in [-0.15, -0.1) is 15.9 Å². The lowest BCUT2D eigenvalue weighted by atomic mass is 9.71. The molecule has 9 aromatic rings. The van der Waals surface area contributed by atoms with Gasteiger partial charge in [-0.05, 0) is 120 Å². The highest BCUT2D eigenvalue weighted by Gasteiger charge is 2.39. The molecule has 5 aliphatic rings. The number of pyridine rings is 2. The van der Waals surface area contributed by atoms with Gasteiger partial charge >= 0.3 is 11.9 Å². The normalized spacial score (nSPS) is 16.4. The minimum atomic E-state index is -0.909. The molecule has 30 nitrogen and oxygen atoms in total. The summed E-state index contributed by atoms with van der Waals surface area (Å²) in [6, 6.07) is 48.0. The van der Waals surface area contributed by atoms with Gasteiger partial charge < -0.3 is 51.5 Å². The average Bonchev–Trinajstić information content (AvgIpc) is 0.990. The highest BCUT2D eigenvalue weighted by molar-refractivity contribution is 7.94. The van der Waals surface area contributed by atoms with E-state index in [-0.39, 0.29) is 112 Å². The van der Waals surface area contributed by atoms with Crippen molar-refractivity contribution in [1.82, 2.24) is 41.4 Å². The summed E-state index contributed by atoms with van der Waals surface area (Å²) in [6.07, 6.45) is 8.67. The number of anilines is 1. The van der Waals surface area contributed by atoms with Gasteiger partial charge in [-0.1, -0.05) is 141 Å². The molecule has 117 heavy (non-hydrogen) atoms. The lowest BCUT2D eigenvalue weighted by Gasteiger charge is -2.40. The maximum atomic E-state index is 13.6. The second-order valence-electron chi connectivity index (χ2n) is 27.4. The number of allylic oxidation sites excluding steroid dienone is 6. The predicted octanol–water partition coefficient (Wildman–Crippen LogP) is 8.02. The third-order valence-electron chi connectivity index (χ3n) is 20.2. The molecular weight excluding hydrogens is 1550 g/mol. The summed E-state index contributed by atoms with van der Waals surface area (Å²) in [6.45, 7) is 2.47. The maximum absolute atomic E-state index is 13.6. The number of nitrogens with one attached hydrogen (secondary N) is 4. The van der Waals surface area contributed by atoms with Crippen molar-refractivity contribution in [3.05, 3.63) is 238 Å². The summed E-state index contributed by atoms with van der Waals surface area (Å²) in [5.41, 5.74) is 6.10. The van der Waals surface area contributed by atoms with Gasteiger partial charge in [0, 0.05) is 155 Å². The van der Waals surface area contributed by atoms with E-state index >= 15 is 0 Å². The number of carbonyl (C=O) groups excluding carboxylic acids is 11. The maximum Gasteiger partial charge on any atom is 0.333 e. The quantitative estimate of drug-likeness (QED) is 0.00800. The van der Waals surface area contributed by atoms with Crippen molar-refractivity contribution < 1.29 is 101 Å². The van der Waals surface area contributed by atoms with E-state index in [1.54, 1.807) is 85.0 Å². The fraction of sp³-hybridized carbons (Fsp3) is 0.271. The minimum Gasteiger partial charge on any atom is -0.874 e. The molecule has 0 radical (unpaired) electrons. The Kier molecular flexibility index (Phi) is 28.6. The van der Waals surface area contributed by atoms with Crippen LogP contribution in [0.15, 0.2) is 188 Å². The number of fused-ring (bicyclic) bond motifs is 10. The fourth-order valence-corrected chi connectivity index (χ4v) is 15.3. The van der Waals surface area contributed by atoms with Gasteiger partial charge in [-0.2, -0.15) is 8.67 Å². The molecule has 2 saturated heterocycles. The van der Waals surface area contributed by atoms with Crippen LogP contribution in [0.3, 0.4) is 0 Å². The second-order valence-corrected chi connectivity index (χ2v) is 28.9. The number of rotatable bonds is 25. The number of Topliss-reactive ketones (excluding diaryl/α,β-unsaturated/α-hetero) is 1. The molecule has 2 fully saturated rings. The van der Waals surface area contributed by atoms with Crippen molar-refractivity contribution in [1.29, 1.82) is 0 Å². The topological polar surface area (TPSA) is 399 Å². The van der Waals surface area contributed by atoms with E-state index in [2.05, 4.69) is 50.0 Å². The van der Waals surface area contributed by atoms with Crippen LogP contribution in [0.4, 0.5) is 5.69 Å². The summed E-state index contributed by atoms with van der Waals surface area (Å²) in [5.74, 6) is -6.57. The molecule has 4 N–H and O–H groups in total. The van der Waals surface area contributed by atoms with Crippen molar-refractivity contribution in [2.75, 3.05) is 42.6 Å². The van der Waals surface area contributed by atoms with E-state index in [0.717, 1.165) is 101 Å². The van der Waals surface area contributed by atoms with Gasteiger partial charge in [0.25, 0.3) is 47.3 Å². The van der Waals surface area contributed by atoms with Crippen molar-refractivity contribution in [3.8, 4) is 0 Å². The lowest BCUT2D eigenvalue weighted by molar-refractivity contribution is -0.777. The first-order valence-electron chi connectivity index (χ1n) is 37.4. The number of hydrogen-bond acceptors (Lipinski definition) is 25. The van der Waals surface area contributed by atoms with Crippen LogP contribution in [0.25, 0.3) is 48.7 Å². The number of benzene rings is 7. The highest BCUT2D eigenvalue weighted by atomic mass is 32.2. The van der Waals surface area contributed by atoms with Crippen LogP contribution in [-0.4, -0.2) is 133 Å². The Hall–Kier alpha value is -12.4. The lowest BCUT2D eigenvalue weighted by Crippen LogP contribution is -2.41. The Balaban J connectivity index is 0.000000214. The van der Waals surface area contributed by atoms with Crippen LogP contribution in [0.2, 0.25) is 0 Å². The van der Waals surface area contributed by atoms with E-state index in [0.29, 0.717) is 79.1 Å². The monoisotopic (exact) mass is 1620 g/mol. The zero-order valence-corrected chi connectivity index (χ0v) is 63.9. The molecule has 14 rings (SSSR count). The molecular formula is C85H80N10O20S2-2. The Labute approximate surface area is 678 Å². The van der Waals surface area contributed by atoms with Crippen molar-refractivity contribution >= 4 is 149 Å². The van der Waals surface area contributed by atoms with Crippen LogP contribution in [0, 0.1) is 11.8 Å². The van der Waals surface area contributed by atoms with Crippen LogP contribution in [-0.2, 0) is 88.2 Å². The molecule has 604 valence electrons. The minimum absolute atomic E-state index is 0. The smallest absolute Gasteiger partial charge is 0.333 e. The SMILES string of the molecule is C.O=C(CCCN(CCCSOO[O-])c1ccc(C2=C([O-])C(C3C=CC(=[N+](CCCSOO[O-])CCCC(=O)ON4C(=O)CCC4=O)C=C3)C2=O)cc1)ON1C(=O)CCC1=O.O=C1NCc2c3ccccc3c(c3ccccc23)CNC(=O)c2cccc(n2)C(=O)NCc2c3ccccc3c(c3ccccc23)CNC(=O)c2cccc1n2. The summed E-state index contributed by atoms with van der Waals surface area (Å²) in [4.78, 5) is 161. The second kappa shape index (κ2) is 39.8. The third-order valence-corrected chi connectivity index (χ3v) is 21.4. The van der Waals surface area contributed by atoms with Crippen LogP contribution in [0.5, 0.6) is 0 Å². The fourth-order valence-electron chi connectivity index (χ4n) is 14.6. The van der Waals surface area contributed by atoms with Gasteiger partial charge in [-0.25, -0.2) is 24.1 Å². The largest absolute Gasteiger partial charge is 0.874 e. The number of hydrogen-bond donors (Lipinski definition) is 4. The van der Waals surface area contributed by atoms with Gasteiger partial charge in [0.15, 0.2) is 11.5 Å². The van der Waals surface area contributed by atoms with Crippen LogP contribution in [0.1, 0.15) is 141 Å². The Morgan fingerprint density at radius 3 is 1.18 bits per heavy atom. The standard InChI is InChI=1S/C46H34N6O4.C38H44N4O16S2.CH4/c53-43-39-19-9-21-41(51-39)45(55)49-25-37-31-15-5-7-17-33(31)38(34-18-8-6-16-32(34)37)26-50-46(56)42-22-10-20-40(52-42)44(54)48-24-36-28-12-2-1-11-27(28)35(23-47-43)29-13-3-4-14-30(29)36;43-29-15-16-30(44)41(29)53-33(47)5-1-19-39(21-3-23-59-57-55-51)27-11-7-25(8-12-27)35-37(49)36(38(35)50)26-9-13-28(14-10-26)40(22-4-24-60-58-56-52)20-2-6-34(48)54-42-31(45)17-18-32(42)46;/h1-22H,23-26H2,(H,47,53)(H,48,54)(H,49,55)(H,50,56);7-14,25,35H,1-6,15-24H2,(H2-,49,51,52);1H4/p-2. The summed E-state index contributed by atoms with van der Waals surface area (Å²) >= 11 is 1.67. The number of carbonyl (C=O) groups is 11.